The molecule has 1 fully saturated rings. The van der Waals surface area contributed by atoms with Crippen LogP contribution in [-0.2, 0) is 9.59 Å². The van der Waals surface area contributed by atoms with Gasteiger partial charge in [0.25, 0.3) is 11.6 Å². The second-order valence-electron chi connectivity index (χ2n) is 5.87. The van der Waals surface area contributed by atoms with Gasteiger partial charge in [-0.3, -0.25) is 19.7 Å². The number of hydrogen-bond donors (Lipinski definition) is 2. The molecule has 1 saturated heterocycles. The van der Waals surface area contributed by atoms with Crippen molar-refractivity contribution in [3.8, 4) is 0 Å². The van der Waals surface area contributed by atoms with Gasteiger partial charge in [-0.15, -0.1) is 0 Å². The van der Waals surface area contributed by atoms with Gasteiger partial charge in [-0.05, 0) is 29.8 Å². The third kappa shape index (κ3) is 4.53. The number of nitrogens with zero attached hydrogens (tertiary/aromatic N) is 2. The zero-order chi connectivity index (χ0) is 21.1. The van der Waals surface area contributed by atoms with E-state index in [-0.39, 0.29) is 27.1 Å². The van der Waals surface area contributed by atoms with Crippen molar-refractivity contribution in [2.75, 3.05) is 11.9 Å². The van der Waals surface area contributed by atoms with Crippen molar-refractivity contribution < 1.29 is 19.3 Å². The highest BCUT2D eigenvalue weighted by Gasteiger charge is 2.35. The van der Waals surface area contributed by atoms with Crippen LogP contribution in [0.4, 0.5) is 16.2 Å². The number of rotatable bonds is 5. The van der Waals surface area contributed by atoms with Crippen LogP contribution in [0.2, 0.25) is 10.0 Å². The Balaban J connectivity index is 1.69. The molecule has 9 nitrogen and oxygen atoms in total. The lowest BCUT2D eigenvalue weighted by molar-refractivity contribution is -0.384. The highest BCUT2D eigenvalue weighted by Crippen LogP contribution is 2.27. The van der Waals surface area contributed by atoms with Gasteiger partial charge in [-0.1, -0.05) is 35.3 Å². The number of halogens is 2. The molecule has 29 heavy (non-hydrogen) atoms. The van der Waals surface area contributed by atoms with Crippen LogP contribution in [-0.4, -0.2) is 34.2 Å². The van der Waals surface area contributed by atoms with Crippen molar-refractivity contribution in [3.63, 3.8) is 0 Å². The predicted octanol–water partition coefficient (Wildman–Crippen LogP) is 3.43. The van der Waals surface area contributed by atoms with E-state index < -0.39 is 29.3 Å². The smallest absolute Gasteiger partial charge is 0.325 e. The van der Waals surface area contributed by atoms with E-state index >= 15 is 0 Å². The normalized spacial score (nSPS) is 14.8. The highest BCUT2D eigenvalue weighted by atomic mass is 35.5. The molecule has 0 bridgehead atoms. The number of nitro groups is 1. The molecule has 0 aliphatic carbocycles. The first-order valence-corrected chi connectivity index (χ1v) is 8.84. The van der Waals surface area contributed by atoms with Crippen LogP contribution >= 0.6 is 23.2 Å². The first kappa shape index (κ1) is 20.3. The van der Waals surface area contributed by atoms with Gasteiger partial charge in [0.1, 0.15) is 12.2 Å². The fraction of sp³-hybridized carbons (Fsp3) is 0.0556. The summed E-state index contributed by atoms with van der Waals surface area (Å²) in [4.78, 5) is 47.5. The zero-order valence-electron chi connectivity index (χ0n) is 14.5. The summed E-state index contributed by atoms with van der Waals surface area (Å²) in [6.07, 6.45) is 1.36. The summed E-state index contributed by atoms with van der Waals surface area (Å²) in [5.74, 6) is -1.35. The molecular formula is C18H12Cl2N4O5. The molecule has 0 radical (unpaired) electrons. The third-order valence-corrected chi connectivity index (χ3v) is 4.74. The quantitative estimate of drug-likeness (QED) is 0.323. The van der Waals surface area contributed by atoms with E-state index in [2.05, 4.69) is 10.6 Å². The second kappa shape index (κ2) is 8.29. The molecule has 4 amide bonds. The Morgan fingerprint density at radius 2 is 1.86 bits per heavy atom. The lowest BCUT2D eigenvalue weighted by atomic mass is 10.2. The molecule has 11 heteroatoms. The molecule has 1 aliphatic rings. The molecule has 2 N–H and O–H groups in total. The van der Waals surface area contributed by atoms with E-state index in [9.17, 15) is 24.5 Å². The molecule has 2 aromatic carbocycles. The van der Waals surface area contributed by atoms with E-state index in [0.29, 0.717) is 5.56 Å². The van der Waals surface area contributed by atoms with Gasteiger partial charge in [-0.2, -0.15) is 0 Å². The maximum atomic E-state index is 12.5. The van der Waals surface area contributed by atoms with Gasteiger partial charge < -0.3 is 10.6 Å². The Morgan fingerprint density at radius 1 is 1.17 bits per heavy atom. The minimum atomic E-state index is -0.766. The van der Waals surface area contributed by atoms with E-state index in [1.807, 2.05) is 0 Å². The molecular weight excluding hydrogens is 423 g/mol. The number of hydrogen-bond acceptors (Lipinski definition) is 5. The average molecular weight is 435 g/mol. The number of urea groups is 1. The molecule has 0 atom stereocenters. The first-order valence-electron chi connectivity index (χ1n) is 8.09. The maximum absolute atomic E-state index is 12.5. The molecule has 0 aromatic heterocycles. The van der Waals surface area contributed by atoms with Crippen LogP contribution in [0, 0.1) is 10.1 Å². The average Bonchev–Trinajstić information content (AvgIpc) is 2.93. The predicted molar refractivity (Wildman–Crippen MR) is 106 cm³/mol. The lowest BCUT2D eigenvalue weighted by Crippen LogP contribution is -2.38. The fourth-order valence-corrected chi connectivity index (χ4v) is 2.88. The molecule has 0 unspecified atom stereocenters. The van der Waals surface area contributed by atoms with Gasteiger partial charge in [0, 0.05) is 17.8 Å². The molecule has 0 saturated carbocycles. The van der Waals surface area contributed by atoms with E-state index in [4.69, 9.17) is 23.2 Å². The number of carbonyl (C=O) groups excluding carboxylic acids is 3. The number of nitrogens with one attached hydrogen (secondary N) is 2. The van der Waals surface area contributed by atoms with E-state index in [0.717, 1.165) is 4.90 Å². The fourth-order valence-electron chi connectivity index (χ4n) is 2.51. The first-order chi connectivity index (χ1) is 13.8. The van der Waals surface area contributed by atoms with Crippen LogP contribution in [0.5, 0.6) is 0 Å². The molecule has 0 spiro atoms. The second-order valence-corrected chi connectivity index (χ2v) is 6.66. The molecule has 1 aliphatic heterocycles. The SMILES string of the molecule is O=C(CN1C(=O)N/C(=C\c2cccc(Cl)c2Cl)C1=O)Nc1ccc([N+](=O)[O-])cc1. The van der Waals surface area contributed by atoms with Crippen LogP contribution in [0.1, 0.15) is 5.56 Å². The molecule has 3 rings (SSSR count). The van der Waals surface area contributed by atoms with Crippen LogP contribution in [0.15, 0.2) is 48.2 Å². The maximum Gasteiger partial charge on any atom is 0.329 e. The van der Waals surface area contributed by atoms with E-state index in [1.165, 1.54) is 30.3 Å². The molecule has 148 valence electrons. The topological polar surface area (TPSA) is 122 Å². The number of nitro benzene ring substituents is 1. The summed E-state index contributed by atoms with van der Waals surface area (Å²) in [6, 6.07) is 9.19. The van der Waals surface area contributed by atoms with Crippen molar-refractivity contribution in [2.24, 2.45) is 0 Å². The number of anilines is 1. The number of benzene rings is 2. The Labute approximate surface area is 174 Å². The van der Waals surface area contributed by atoms with Gasteiger partial charge in [0.2, 0.25) is 5.91 Å². The van der Waals surface area contributed by atoms with Crippen molar-refractivity contribution in [2.45, 2.75) is 0 Å². The number of imide groups is 1. The van der Waals surface area contributed by atoms with Gasteiger partial charge in [0.05, 0.1) is 15.0 Å². The van der Waals surface area contributed by atoms with Gasteiger partial charge in [-0.25, -0.2) is 9.69 Å². The van der Waals surface area contributed by atoms with Gasteiger partial charge in [0.15, 0.2) is 0 Å². The summed E-state index contributed by atoms with van der Waals surface area (Å²) in [6.45, 7) is -0.539. The van der Waals surface area contributed by atoms with Crippen molar-refractivity contribution in [1.29, 1.82) is 0 Å². The van der Waals surface area contributed by atoms with Gasteiger partial charge >= 0.3 is 6.03 Å². The summed E-state index contributed by atoms with van der Waals surface area (Å²) in [5, 5.41) is 16.0. The Morgan fingerprint density at radius 3 is 2.52 bits per heavy atom. The Hall–Kier alpha value is -3.43. The van der Waals surface area contributed by atoms with Crippen molar-refractivity contribution >= 4 is 58.5 Å². The minimum Gasteiger partial charge on any atom is -0.325 e. The summed E-state index contributed by atoms with van der Waals surface area (Å²) < 4.78 is 0. The monoisotopic (exact) mass is 434 g/mol. The number of carbonyl (C=O) groups is 3. The third-order valence-electron chi connectivity index (χ3n) is 3.91. The van der Waals surface area contributed by atoms with E-state index in [1.54, 1.807) is 18.2 Å². The number of amides is 4. The standard InChI is InChI=1S/C18H12Cl2N4O5/c19-13-3-1-2-10(16(13)20)8-14-17(26)23(18(27)22-14)9-15(25)21-11-4-6-12(7-5-11)24(28)29/h1-8H,9H2,(H,21,25)(H,22,27)/b14-8-. The zero-order valence-corrected chi connectivity index (χ0v) is 16.0. The van der Waals surface area contributed by atoms with Crippen LogP contribution < -0.4 is 10.6 Å². The lowest BCUT2D eigenvalue weighted by Gasteiger charge is -2.11. The summed E-state index contributed by atoms with van der Waals surface area (Å²) >= 11 is 12.0. The van der Waals surface area contributed by atoms with Crippen molar-refractivity contribution in [1.82, 2.24) is 10.2 Å². The number of non-ortho nitro benzene ring substituents is 1. The summed E-state index contributed by atoms with van der Waals surface area (Å²) in [5.41, 5.74) is 0.531. The molecule has 1 heterocycles. The Bertz CT molecular complexity index is 1050. The largest absolute Gasteiger partial charge is 0.329 e. The van der Waals surface area contributed by atoms with Crippen LogP contribution in [0.25, 0.3) is 6.08 Å². The highest BCUT2D eigenvalue weighted by molar-refractivity contribution is 6.43. The van der Waals surface area contributed by atoms with Crippen molar-refractivity contribution in [3.05, 3.63) is 73.9 Å². The van der Waals surface area contributed by atoms with Crippen LogP contribution in [0.3, 0.4) is 0 Å². The Kier molecular flexibility index (Phi) is 5.81. The summed E-state index contributed by atoms with van der Waals surface area (Å²) in [7, 11) is 0. The molecule has 2 aromatic rings. The minimum absolute atomic E-state index is 0.0534.